The predicted octanol–water partition coefficient (Wildman–Crippen LogP) is 3.75. The fourth-order valence-corrected chi connectivity index (χ4v) is 1.75. The van der Waals surface area contributed by atoms with Crippen molar-refractivity contribution < 1.29 is 4.79 Å². The summed E-state index contributed by atoms with van der Waals surface area (Å²) in [7, 11) is 0. The van der Waals surface area contributed by atoms with Crippen molar-refractivity contribution in [1.29, 1.82) is 0 Å². The van der Waals surface area contributed by atoms with Crippen LogP contribution >= 0.6 is 0 Å². The van der Waals surface area contributed by atoms with Crippen LogP contribution in [0, 0.1) is 5.41 Å². The lowest BCUT2D eigenvalue weighted by Gasteiger charge is -2.35. The van der Waals surface area contributed by atoms with Crippen LogP contribution < -0.4 is 5.32 Å². The molecule has 0 aliphatic heterocycles. The van der Waals surface area contributed by atoms with Crippen LogP contribution in [0.15, 0.2) is 0 Å². The summed E-state index contributed by atoms with van der Waals surface area (Å²) in [6, 6.07) is 0.273. The molecule has 92 valence electrons. The van der Waals surface area contributed by atoms with Crippen LogP contribution in [-0.2, 0) is 4.79 Å². The van der Waals surface area contributed by atoms with Gasteiger partial charge in [0, 0.05) is 13.0 Å². The highest BCUT2D eigenvalue weighted by molar-refractivity contribution is 5.73. The van der Waals surface area contributed by atoms with Gasteiger partial charge in [-0.1, -0.05) is 41.0 Å². The van der Waals surface area contributed by atoms with Crippen LogP contribution in [0.25, 0.3) is 0 Å². The molecule has 1 amide bonds. The van der Waals surface area contributed by atoms with E-state index in [0.29, 0.717) is 0 Å². The van der Waals surface area contributed by atoms with E-state index in [1.54, 1.807) is 6.92 Å². The normalized spacial score (nSPS) is 15.7. The third-order valence-electron chi connectivity index (χ3n) is 3.09. The van der Waals surface area contributed by atoms with E-state index in [2.05, 4.69) is 33.0 Å². The van der Waals surface area contributed by atoms with Crippen molar-refractivity contribution in [2.24, 2.45) is 5.41 Å². The van der Waals surface area contributed by atoms with Gasteiger partial charge in [-0.15, -0.1) is 0 Å². The topological polar surface area (TPSA) is 29.1 Å². The van der Waals surface area contributed by atoms with Crippen LogP contribution in [0.1, 0.15) is 67.7 Å². The largest absolute Gasteiger partial charge is 0.353 e. The van der Waals surface area contributed by atoms with Gasteiger partial charge in [-0.05, 0) is 25.2 Å². The second-order valence-electron chi connectivity index (χ2n) is 4.18. The van der Waals surface area contributed by atoms with E-state index in [0.717, 1.165) is 6.42 Å². The molecule has 2 unspecified atom stereocenters. The van der Waals surface area contributed by atoms with Crippen molar-refractivity contribution in [2.75, 3.05) is 0 Å². The van der Waals surface area contributed by atoms with E-state index >= 15 is 0 Å². The molecule has 0 rings (SSSR count). The molecule has 1 N–H and O–H groups in total. The summed E-state index contributed by atoms with van der Waals surface area (Å²) in [5.41, 5.74) is 0.250. The molecule has 0 aliphatic rings. The summed E-state index contributed by atoms with van der Waals surface area (Å²) in [5, 5.41) is 2.98. The van der Waals surface area contributed by atoms with Crippen molar-refractivity contribution in [1.82, 2.24) is 5.32 Å². The van der Waals surface area contributed by atoms with Gasteiger partial charge >= 0.3 is 0 Å². The lowest BCUT2D eigenvalue weighted by atomic mass is 9.77. The Morgan fingerprint density at radius 1 is 1.33 bits per heavy atom. The van der Waals surface area contributed by atoms with Gasteiger partial charge in [0.2, 0.25) is 5.91 Å². The Hall–Kier alpha value is -0.530. The summed E-state index contributed by atoms with van der Waals surface area (Å²) in [5.74, 6) is 0.0725. The highest BCUT2D eigenvalue weighted by Crippen LogP contribution is 2.31. The summed E-state index contributed by atoms with van der Waals surface area (Å²) in [4.78, 5) is 10.9. The van der Waals surface area contributed by atoms with E-state index in [4.69, 9.17) is 0 Å². The van der Waals surface area contributed by atoms with Crippen molar-refractivity contribution in [3.8, 4) is 0 Å². The number of carbonyl (C=O) groups is 1. The number of hydrogen-bond donors (Lipinski definition) is 1. The number of nitrogens with one attached hydrogen (secondary N) is 1. The minimum atomic E-state index is 0.0725. The summed E-state index contributed by atoms with van der Waals surface area (Å²) in [6.45, 7) is 14.3. The number of rotatable bonds is 5. The molecule has 0 aromatic carbocycles. The molecule has 0 spiro atoms. The SMILES string of the molecule is CC.CCCC(C)(CC)C(C)NC(C)=O. The van der Waals surface area contributed by atoms with E-state index in [1.807, 2.05) is 13.8 Å². The zero-order valence-electron chi connectivity index (χ0n) is 11.6. The maximum Gasteiger partial charge on any atom is 0.217 e. The molecule has 0 fully saturated rings. The van der Waals surface area contributed by atoms with Gasteiger partial charge in [-0.2, -0.15) is 0 Å². The molecule has 15 heavy (non-hydrogen) atoms. The van der Waals surface area contributed by atoms with Gasteiger partial charge in [-0.3, -0.25) is 4.79 Å². The second-order valence-corrected chi connectivity index (χ2v) is 4.18. The Kier molecular flexibility index (Phi) is 9.85. The summed E-state index contributed by atoms with van der Waals surface area (Å²) < 4.78 is 0. The maximum atomic E-state index is 10.9. The Labute approximate surface area is 95.8 Å². The number of carbonyl (C=O) groups excluding carboxylic acids is 1. The molecule has 2 atom stereocenters. The molecule has 0 aliphatic carbocycles. The van der Waals surface area contributed by atoms with Crippen LogP contribution in [0.5, 0.6) is 0 Å². The van der Waals surface area contributed by atoms with Crippen LogP contribution in [0.2, 0.25) is 0 Å². The van der Waals surface area contributed by atoms with E-state index in [1.165, 1.54) is 12.8 Å². The lowest BCUT2D eigenvalue weighted by molar-refractivity contribution is -0.120. The summed E-state index contributed by atoms with van der Waals surface area (Å²) in [6.07, 6.45) is 3.46. The van der Waals surface area contributed by atoms with Gasteiger partial charge in [0.1, 0.15) is 0 Å². The fourth-order valence-electron chi connectivity index (χ4n) is 1.75. The minimum absolute atomic E-state index is 0.0725. The molecule has 0 saturated carbocycles. The standard InChI is InChI=1S/C11H23NO.C2H6/c1-6-8-11(5,7-2)9(3)12-10(4)13;1-2/h9H,6-8H2,1-5H3,(H,12,13);1-2H3. The maximum absolute atomic E-state index is 10.9. The molecular formula is C13H29NO. The van der Waals surface area contributed by atoms with Gasteiger partial charge in [0.15, 0.2) is 0 Å². The zero-order chi connectivity index (χ0) is 12.5. The molecule has 2 heteroatoms. The molecule has 0 saturated heterocycles. The first-order chi connectivity index (χ1) is 6.96. The Balaban J connectivity index is 0. The van der Waals surface area contributed by atoms with Crippen LogP contribution in [0.3, 0.4) is 0 Å². The van der Waals surface area contributed by atoms with Gasteiger partial charge in [-0.25, -0.2) is 0 Å². The Morgan fingerprint density at radius 2 is 1.80 bits per heavy atom. The molecule has 0 heterocycles. The molecule has 0 bridgehead atoms. The third kappa shape index (κ3) is 6.53. The van der Waals surface area contributed by atoms with Gasteiger partial charge in [0.05, 0.1) is 0 Å². The smallest absolute Gasteiger partial charge is 0.217 e. The van der Waals surface area contributed by atoms with Crippen LogP contribution in [-0.4, -0.2) is 11.9 Å². The highest BCUT2D eigenvalue weighted by Gasteiger charge is 2.28. The molecule has 2 nitrogen and oxygen atoms in total. The molecule has 0 radical (unpaired) electrons. The first kappa shape index (κ1) is 16.9. The van der Waals surface area contributed by atoms with Gasteiger partial charge in [0.25, 0.3) is 0 Å². The monoisotopic (exact) mass is 215 g/mol. The first-order valence-electron chi connectivity index (χ1n) is 6.23. The molecule has 0 aromatic heterocycles. The summed E-state index contributed by atoms with van der Waals surface area (Å²) >= 11 is 0. The molecule has 0 aromatic rings. The average molecular weight is 215 g/mol. The van der Waals surface area contributed by atoms with Gasteiger partial charge < -0.3 is 5.32 Å². The second kappa shape index (κ2) is 8.75. The number of hydrogen-bond acceptors (Lipinski definition) is 1. The predicted molar refractivity (Wildman–Crippen MR) is 67.9 cm³/mol. The Bertz CT molecular complexity index is 168. The van der Waals surface area contributed by atoms with Crippen molar-refractivity contribution in [3.05, 3.63) is 0 Å². The van der Waals surface area contributed by atoms with Crippen LogP contribution in [0.4, 0.5) is 0 Å². The van der Waals surface area contributed by atoms with Crippen molar-refractivity contribution >= 4 is 5.91 Å². The minimum Gasteiger partial charge on any atom is -0.353 e. The van der Waals surface area contributed by atoms with E-state index in [-0.39, 0.29) is 17.4 Å². The Morgan fingerprint density at radius 3 is 2.07 bits per heavy atom. The number of amides is 1. The van der Waals surface area contributed by atoms with Crippen molar-refractivity contribution in [2.45, 2.75) is 73.8 Å². The quantitative estimate of drug-likeness (QED) is 0.743. The van der Waals surface area contributed by atoms with E-state index < -0.39 is 0 Å². The zero-order valence-corrected chi connectivity index (χ0v) is 11.6. The lowest BCUT2D eigenvalue weighted by Crippen LogP contribution is -2.43. The average Bonchev–Trinajstić information content (AvgIpc) is 2.20. The van der Waals surface area contributed by atoms with E-state index in [9.17, 15) is 4.79 Å². The third-order valence-corrected chi connectivity index (χ3v) is 3.09. The fraction of sp³-hybridized carbons (Fsp3) is 0.923. The first-order valence-corrected chi connectivity index (χ1v) is 6.23. The van der Waals surface area contributed by atoms with Crippen molar-refractivity contribution in [3.63, 3.8) is 0 Å². The molecular weight excluding hydrogens is 186 g/mol. The highest BCUT2D eigenvalue weighted by atomic mass is 16.1.